The molecular formula is C18H36N2O2. The summed E-state index contributed by atoms with van der Waals surface area (Å²) in [5.41, 5.74) is -0.421. The van der Waals surface area contributed by atoms with Crippen molar-refractivity contribution in [1.29, 1.82) is 0 Å². The van der Waals surface area contributed by atoms with Crippen LogP contribution in [0.2, 0.25) is 0 Å². The van der Waals surface area contributed by atoms with E-state index in [9.17, 15) is 4.79 Å². The number of amides is 1. The lowest BCUT2D eigenvalue weighted by Crippen LogP contribution is -2.47. The SMILES string of the molecule is CCC(NC1CCC(N(C)C(=O)OC(C)(C)C)CC1)C(C)C. The van der Waals surface area contributed by atoms with Crippen LogP contribution in [0.15, 0.2) is 0 Å². The van der Waals surface area contributed by atoms with Crippen LogP contribution in [0, 0.1) is 5.92 Å². The monoisotopic (exact) mass is 312 g/mol. The Kier molecular flexibility index (Phi) is 7.17. The summed E-state index contributed by atoms with van der Waals surface area (Å²) in [6.45, 7) is 12.6. The molecule has 1 unspecified atom stereocenters. The number of hydrogen-bond acceptors (Lipinski definition) is 3. The second kappa shape index (κ2) is 8.19. The molecule has 130 valence electrons. The highest BCUT2D eigenvalue weighted by Crippen LogP contribution is 2.25. The van der Waals surface area contributed by atoms with Crippen molar-refractivity contribution < 1.29 is 9.53 Å². The van der Waals surface area contributed by atoms with E-state index in [0.29, 0.717) is 24.0 Å². The van der Waals surface area contributed by atoms with E-state index < -0.39 is 5.60 Å². The fourth-order valence-corrected chi connectivity index (χ4v) is 3.20. The van der Waals surface area contributed by atoms with Crippen LogP contribution in [0.4, 0.5) is 4.79 Å². The van der Waals surface area contributed by atoms with Crippen molar-refractivity contribution in [2.45, 2.75) is 97.4 Å². The Balaban J connectivity index is 2.43. The molecule has 1 saturated carbocycles. The van der Waals surface area contributed by atoms with Crippen molar-refractivity contribution in [1.82, 2.24) is 10.2 Å². The standard InChI is InChI=1S/C18H36N2O2/c1-8-16(13(2)3)19-14-9-11-15(12-10-14)20(7)17(21)22-18(4,5)6/h13-16,19H,8-12H2,1-7H3. The maximum Gasteiger partial charge on any atom is 0.410 e. The highest BCUT2D eigenvalue weighted by atomic mass is 16.6. The van der Waals surface area contributed by atoms with Gasteiger partial charge in [0.1, 0.15) is 5.60 Å². The van der Waals surface area contributed by atoms with Crippen LogP contribution in [-0.4, -0.2) is 41.8 Å². The van der Waals surface area contributed by atoms with Gasteiger partial charge >= 0.3 is 6.09 Å². The van der Waals surface area contributed by atoms with Crippen LogP contribution in [0.25, 0.3) is 0 Å². The smallest absolute Gasteiger partial charge is 0.410 e. The molecule has 0 bridgehead atoms. The Labute approximate surface area is 137 Å². The molecule has 4 heteroatoms. The minimum atomic E-state index is -0.421. The molecule has 0 aromatic carbocycles. The summed E-state index contributed by atoms with van der Waals surface area (Å²) >= 11 is 0. The Morgan fingerprint density at radius 3 is 2.18 bits per heavy atom. The van der Waals surface area contributed by atoms with Crippen LogP contribution in [-0.2, 0) is 4.74 Å². The van der Waals surface area contributed by atoms with Gasteiger partial charge in [0.25, 0.3) is 0 Å². The van der Waals surface area contributed by atoms with Gasteiger partial charge in [0.15, 0.2) is 0 Å². The Morgan fingerprint density at radius 2 is 1.77 bits per heavy atom. The molecule has 0 spiro atoms. The van der Waals surface area contributed by atoms with Crippen molar-refractivity contribution in [2.24, 2.45) is 5.92 Å². The minimum Gasteiger partial charge on any atom is -0.444 e. The molecule has 0 aromatic heterocycles. The predicted molar refractivity (Wildman–Crippen MR) is 92.1 cm³/mol. The lowest BCUT2D eigenvalue weighted by Gasteiger charge is -2.37. The normalized spacial score (nSPS) is 24.2. The van der Waals surface area contributed by atoms with Gasteiger partial charge in [-0.25, -0.2) is 4.79 Å². The van der Waals surface area contributed by atoms with E-state index in [1.165, 1.54) is 6.42 Å². The van der Waals surface area contributed by atoms with Gasteiger partial charge in [-0.05, 0) is 58.8 Å². The molecule has 0 radical (unpaired) electrons. The lowest BCUT2D eigenvalue weighted by molar-refractivity contribution is 0.0177. The second-order valence-corrected chi connectivity index (χ2v) is 8.02. The minimum absolute atomic E-state index is 0.197. The molecule has 1 amide bonds. The van der Waals surface area contributed by atoms with Gasteiger partial charge in [0, 0.05) is 25.2 Å². The van der Waals surface area contributed by atoms with E-state index in [1.807, 2.05) is 27.8 Å². The molecule has 0 heterocycles. The molecule has 0 aromatic rings. The average molecular weight is 312 g/mol. The summed E-state index contributed by atoms with van der Waals surface area (Å²) < 4.78 is 5.46. The second-order valence-electron chi connectivity index (χ2n) is 8.02. The van der Waals surface area contributed by atoms with Crippen molar-refractivity contribution >= 4 is 6.09 Å². The summed E-state index contributed by atoms with van der Waals surface area (Å²) in [5.74, 6) is 0.673. The fourth-order valence-electron chi connectivity index (χ4n) is 3.20. The molecule has 1 N–H and O–H groups in total. The van der Waals surface area contributed by atoms with E-state index in [0.717, 1.165) is 25.7 Å². The predicted octanol–water partition coefficient (Wildman–Crippen LogP) is 4.19. The topological polar surface area (TPSA) is 41.6 Å². The molecule has 1 aliphatic rings. The van der Waals surface area contributed by atoms with Gasteiger partial charge in [-0.3, -0.25) is 0 Å². The summed E-state index contributed by atoms with van der Waals surface area (Å²) in [7, 11) is 1.87. The third kappa shape index (κ3) is 6.15. The maximum absolute atomic E-state index is 12.1. The zero-order chi connectivity index (χ0) is 16.9. The summed E-state index contributed by atoms with van der Waals surface area (Å²) in [4.78, 5) is 13.9. The van der Waals surface area contributed by atoms with Crippen LogP contribution in [0.3, 0.4) is 0 Å². The zero-order valence-electron chi connectivity index (χ0n) is 15.6. The number of nitrogens with zero attached hydrogens (tertiary/aromatic N) is 1. The molecule has 1 rings (SSSR count). The highest BCUT2D eigenvalue weighted by Gasteiger charge is 2.30. The zero-order valence-corrected chi connectivity index (χ0v) is 15.6. The first-order chi connectivity index (χ1) is 10.1. The molecular weight excluding hydrogens is 276 g/mol. The van der Waals surface area contributed by atoms with Crippen molar-refractivity contribution in [3.8, 4) is 0 Å². The number of carbonyl (C=O) groups is 1. The number of nitrogens with one attached hydrogen (secondary N) is 1. The van der Waals surface area contributed by atoms with Crippen molar-refractivity contribution in [3.63, 3.8) is 0 Å². The van der Waals surface area contributed by atoms with Crippen molar-refractivity contribution in [3.05, 3.63) is 0 Å². The van der Waals surface area contributed by atoms with E-state index in [-0.39, 0.29) is 6.09 Å². The molecule has 1 atom stereocenters. The van der Waals surface area contributed by atoms with E-state index in [2.05, 4.69) is 26.1 Å². The van der Waals surface area contributed by atoms with Crippen molar-refractivity contribution in [2.75, 3.05) is 7.05 Å². The van der Waals surface area contributed by atoms with Gasteiger partial charge in [-0.2, -0.15) is 0 Å². The van der Waals surface area contributed by atoms with Gasteiger partial charge in [-0.15, -0.1) is 0 Å². The third-order valence-electron chi connectivity index (χ3n) is 4.62. The molecule has 0 saturated heterocycles. The Morgan fingerprint density at radius 1 is 1.23 bits per heavy atom. The van der Waals surface area contributed by atoms with E-state index in [4.69, 9.17) is 4.74 Å². The lowest BCUT2D eigenvalue weighted by atomic mass is 9.89. The van der Waals surface area contributed by atoms with Crippen LogP contribution in [0.1, 0.15) is 73.6 Å². The van der Waals surface area contributed by atoms with Gasteiger partial charge in [0.05, 0.1) is 0 Å². The van der Waals surface area contributed by atoms with Gasteiger partial charge in [0.2, 0.25) is 0 Å². The summed E-state index contributed by atoms with van der Waals surface area (Å²) in [6, 6.07) is 1.51. The summed E-state index contributed by atoms with van der Waals surface area (Å²) in [5, 5.41) is 3.80. The van der Waals surface area contributed by atoms with E-state index >= 15 is 0 Å². The molecule has 1 fully saturated rings. The summed E-state index contributed by atoms with van der Waals surface area (Å²) in [6.07, 6.45) is 5.37. The highest BCUT2D eigenvalue weighted by molar-refractivity contribution is 5.68. The van der Waals surface area contributed by atoms with Crippen LogP contribution >= 0.6 is 0 Å². The molecule has 1 aliphatic carbocycles. The number of rotatable bonds is 5. The fraction of sp³-hybridized carbons (Fsp3) is 0.944. The first-order valence-electron chi connectivity index (χ1n) is 8.86. The Bertz CT molecular complexity index is 341. The third-order valence-corrected chi connectivity index (χ3v) is 4.62. The van der Waals surface area contributed by atoms with Gasteiger partial charge in [-0.1, -0.05) is 20.8 Å². The number of carbonyl (C=O) groups excluding carboxylic acids is 1. The first-order valence-corrected chi connectivity index (χ1v) is 8.86. The maximum atomic E-state index is 12.1. The van der Waals surface area contributed by atoms with Crippen LogP contribution < -0.4 is 5.32 Å². The number of ether oxygens (including phenoxy) is 1. The average Bonchev–Trinajstić information content (AvgIpc) is 2.42. The molecule has 4 nitrogen and oxygen atoms in total. The number of hydrogen-bond donors (Lipinski definition) is 1. The molecule has 22 heavy (non-hydrogen) atoms. The first kappa shape index (κ1) is 19.3. The van der Waals surface area contributed by atoms with Gasteiger partial charge < -0.3 is 15.0 Å². The Hall–Kier alpha value is -0.770. The van der Waals surface area contributed by atoms with E-state index in [1.54, 1.807) is 4.90 Å². The largest absolute Gasteiger partial charge is 0.444 e. The molecule has 0 aliphatic heterocycles. The van der Waals surface area contributed by atoms with Crippen LogP contribution in [0.5, 0.6) is 0 Å². The quantitative estimate of drug-likeness (QED) is 0.827.